The lowest BCUT2D eigenvalue weighted by Gasteiger charge is -2.34. The van der Waals surface area contributed by atoms with Gasteiger partial charge in [-0.05, 0) is 5.56 Å². The number of ether oxygens (including phenoxy) is 2. The molecular weight excluding hydrogens is 274 g/mol. The fourth-order valence-corrected chi connectivity index (χ4v) is 2.27. The fraction of sp³-hybridized carbons (Fsp3) is 0.429. The van der Waals surface area contributed by atoms with Crippen molar-refractivity contribution < 1.29 is 19.5 Å². The maximum absolute atomic E-state index is 12.6. The van der Waals surface area contributed by atoms with E-state index in [1.165, 1.54) is 7.11 Å². The summed E-state index contributed by atoms with van der Waals surface area (Å²) in [6, 6.07) is 9.27. The molecule has 1 saturated heterocycles. The van der Waals surface area contributed by atoms with Gasteiger partial charge in [-0.25, -0.2) is 0 Å². The van der Waals surface area contributed by atoms with E-state index in [1.807, 2.05) is 30.3 Å². The third-order valence-corrected chi connectivity index (χ3v) is 3.39. The Labute approximate surface area is 122 Å². The van der Waals surface area contributed by atoms with Crippen LogP contribution in [0.2, 0.25) is 0 Å². The summed E-state index contributed by atoms with van der Waals surface area (Å²) in [6.45, 7) is 1.01. The van der Waals surface area contributed by atoms with Gasteiger partial charge in [0, 0.05) is 13.7 Å². The van der Waals surface area contributed by atoms with Gasteiger partial charge in [0.15, 0.2) is 11.9 Å². The van der Waals surface area contributed by atoms with Crippen LogP contribution in [-0.4, -0.2) is 54.8 Å². The van der Waals surface area contributed by atoms with Crippen LogP contribution in [0.1, 0.15) is 11.7 Å². The predicted molar refractivity (Wildman–Crippen MR) is 75.9 cm³/mol. The van der Waals surface area contributed by atoms with E-state index in [9.17, 15) is 4.79 Å². The number of methoxy groups -OCH3 is 1. The lowest BCUT2D eigenvalue weighted by molar-refractivity contribution is -0.147. The maximum Gasteiger partial charge on any atom is 0.256 e. The molecule has 3 N–H and O–H groups in total. The summed E-state index contributed by atoms with van der Waals surface area (Å²) in [4.78, 5) is 14.2. The summed E-state index contributed by atoms with van der Waals surface area (Å²) >= 11 is 0. The van der Waals surface area contributed by atoms with Crippen molar-refractivity contribution in [2.24, 2.45) is 10.9 Å². The zero-order valence-electron chi connectivity index (χ0n) is 11.8. The van der Waals surface area contributed by atoms with Gasteiger partial charge >= 0.3 is 0 Å². The second kappa shape index (κ2) is 7.05. The van der Waals surface area contributed by atoms with E-state index in [0.29, 0.717) is 13.2 Å². The molecule has 114 valence electrons. The first-order chi connectivity index (χ1) is 10.2. The van der Waals surface area contributed by atoms with Crippen molar-refractivity contribution >= 4 is 11.7 Å². The van der Waals surface area contributed by atoms with E-state index in [2.05, 4.69) is 5.16 Å². The highest BCUT2D eigenvalue weighted by Gasteiger charge is 2.31. The average molecular weight is 293 g/mol. The first-order valence-corrected chi connectivity index (χ1v) is 6.63. The molecule has 1 aliphatic rings. The van der Waals surface area contributed by atoms with Crippen molar-refractivity contribution in [1.29, 1.82) is 0 Å². The van der Waals surface area contributed by atoms with E-state index in [4.69, 9.17) is 20.4 Å². The van der Waals surface area contributed by atoms with Crippen LogP contribution in [0.3, 0.4) is 0 Å². The van der Waals surface area contributed by atoms with Crippen LogP contribution in [-0.2, 0) is 14.3 Å². The zero-order valence-corrected chi connectivity index (χ0v) is 11.8. The van der Waals surface area contributed by atoms with Crippen LogP contribution in [0, 0.1) is 0 Å². The lowest BCUT2D eigenvalue weighted by atomic mass is 10.1. The van der Waals surface area contributed by atoms with Crippen LogP contribution in [0.4, 0.5) is 0 Å². The van der Waals surface area contributed by atoms with Gasteiger partial charge in [0.2, 0.25) is 0 Å². The summed E-state index contributed by atoms with van der Waals surface area (Å²) in [5, 5.41) is 11.6. The highest BCUT2D eigenvalue weighted by Crippen LogP contribution is 2.20. The summed E-state index contributed by atoms with van der Waals surface area (Å²) < 4.78 is 10.7. The highest BCUT2D eigenvalue weighted by atomic mass is 16.5. The highest BCUT2D eigenvalue weighted by molar-refractivity contribution is 5.87. The molecule has 0 spiro atoms. The van der Waals surface area contributed by atoms with E-state index < -0.39 is 12.2 Å². The van der Waals surface area contributed by atoms with E-state index in [-0.39, 0.29) is 18.3 Å². The number of hydrogen-bond donors (Lipinski definition) is 2. The molecule has 0 bridgehead atoms. The van der Waals surface area contributed by atoms with Crippen LogP contribution >= 0.6 is 0 Å². The molecule has 1 amide bonds. The summed E-state index contributed by atoms with van der Waals surface area (Å²) in [5.74, 6) is -0.205. The molecule has 1 aliphatic heterocycles. The number of nitrogens with two attached hydrogens (primary N) is 1. The molecule has 7 nitrogen and oxygen atoms in total. The summed E-state index contributed by atoms with van der Waals surface area (Å²) in [5.41, 5.74) is 6.32. The molecule has 7 heteroatoms. The quantitative estimate of drug-likeness (QED) is 0.361. The molecule has 1 aromatic rings. The Bertz CT molecular complexity index is 506. The topological polar surface area (TPSA) is 97.4 Å². The number of rotatable bonds is 4. The Morgan fingerprint density at radius 2 is 2.24 bits per heavy atom. The number of amides is 1. The Morgan fingerprint density at radius 3 is 2.86 bits per heavy atom. The van der Waals surface area contributed by atoms with Gasteiger partial charge in [-0.3, -0.25) is 4.79 Å². The zero-order chi connectivity index (χ0) is 15.2. The number of carbonyl (C=O) groups excluding carboxylic acids is 1. The van der Waals surface area contributed by atoms with Crippen molar-refractivity contribution in [2.75, 3.05) is 26.8 Å². The number of hydrogen-bond acceptors (Lipinski definition) is 5. The van der Waals surface area contributed by atoms with Crippen LogP contribution in [0.5, 0.6) is 0 Å². The molecule has 2 rings (SSSR count). The minimum absolute atomic E-state index is 0.0406. The molecule has 1 fully saturated rings. The molecule has 21 heavy (non-hydrogen) atoms. The number of carbonyl (C=O) groups is 1. The monoisotopic (exact) mass is 293 g/mol. The molecule has 0 radical (unpaired) electrons. The molecule has 1 heterocycles. The maximum atomic E-state index is 12.6. The molecule has 1 aromatic carbocycles. The van der Waals surface area contributed by atoms with Crippen molar-refractivity contribution in [1.82, 2.24) is 4.90 Å². The van der Waals surface area contributed by atoms with Crippen LogP contribution in [0.25, 0.3) is 0 Å². The Morgan fingerprint density at radius 1 is 1.52 bits per heavy atom. The Hall–Kier alpha value is -2.12. The Kier molecular flexibility index (Phi) is 5.13. The summed E-state index contributed by atoms with van der Waals surface area (Å²) in [7, 11) is 1.50. The van der Waals surface area contributed by atoms with Crippen molar-refractivity contribution in [3.8, 4) is 0 Å². The second-order valence-electron chi connectivity index (χ2n) is 4.69. The number of amidine groups is 1. The Balaban J connectivity index is 2.11. The average Bonchev–Trinajstić information content (AvgIpc) is 2.55. The molecule has 2 atom stereocenters. The standard InChI is InChI=1S/C14H19N3O4/c1-20-12(10-5-3-2-4-6-10)14(18)17-7-8-21-11(9-17)13(15)16-19/h2-6,11-12,19H,7-9H2,1H3,(H2,15,16). The minimum atomic E-state index is -0.669. The van der Waals surface area contributed by atoms with Gasteiger partial charge in [0.1, 0.15) is 6.10 Å². The largest absolute Gasteiger partial charge is 0.409 e. The first-order valence-electron chi connectivity index (χ1n) is 6.63. The second-order valence-corrected chi connectivity index (χ2v) is 4.69. The summed E-state index contributed by atoms with van der Waals surface area (Å²) in [6.07, 6.45) is -1.27. The van der Waals surface area contributed by atoms with Gasteiger partial charge < -0.3 is 25.3 Å². The van der Waals surface area contributed by atoms with Gasteiger partial charge in [0.05, 0.1) is 13.2 Å². The van der Waals surface area contributed by atoms with Gasteiger partial charge in [-0.2, -0.15) is 0 Å². The molecule has 0 saturated carbocycles. The minimum Gasteiger partial charge on any atom is -0.409 e. The van der Waals surface area contributed by atoms with E-state index >= 15 is 0 Å². The molecule has 2 unspecified atom stereocenters. The van der Waals surface area contributed by atoms with Gasteiger partial charge in [-0.1, -0.05) is 35.5 Å². The third kappa shape index (κ3) is 3.50. The SMILES string of the molecule is COC(C(=O)N1CCOC(C(N)=NO)C1)c1ccccc1. The normalized spacial score (nSPS) is 21.1. The number of morpholine rings is 1. The van der Waals surface area contributed by atoms with Crippen molar-refractivity contribution in [2.45, 2.75) is 12.2 Å². The molecule has 0 aliphatic carbocycles. The van der Waals surface area contributed by atoms with Crippen LogP contribution in [0.15, 0.2) is 35.5 Å². The first kappa shape index (κ1) is 15.3. The number of oxime groups is 1. The molecular formula is C14H19N3O4. The van der Waals surface area contributed by atoms with Crippen molar-refractivity contribution in [3.05, 3.63) is 35.9 Å². The van der Waals surface area contributed by atoms with Crippen LogP contribution < -0.4 is 5.73 Å². The fourth-order valence-electron chi connectivity index (χ4n) is 2.27. The van der Waals surface area contributed by atoms with Crippen molar-refractivity contribution in [3.63, 3.8) is 0 Å². The van der Waals surface area contributed by atoms with E-state index in [0.717, 1.165) is 5.56 Å². The predicted octanol–water partition coefficient (Wildman–Crippen LogP) is 0.348. The van der Waals surface area contributed by atoms with E-state index in [1.54, 1.807) is 4.90 Å². The molecule has 0 aromatic heterocycles. The van der Waals surface area contributed by atoms with Gasteiger partial charge in [-0.15, -0.1) is 0 Å². The van der Waals surface area contributed by atoms with Gasteiger partial charge in [0.25, 0.3) is 5.91 Å². The lowest BCUT2D eigenvalue weighted by Crippen LogP contribution is -2.51. The third-order valence-electron chi connectivity index (χ3n) is 3.39. The number of benzene rings is 1. The smallest absolute Gasteiger partial charge is 0.256 e. The number of nitrogens with zero attached hydrogens (tertiary/aromatic N) is 2.